The van der Waals surface area contributed by atoms with Crippen molar-refractivity contribution in [2.45, 2.75) is 20.3 Å². The second-order valence-electron chi connectivity index (χ2n) is 6.28. The van der Waals surface area contributed by atoms with Crippen LogP contribution in [0.4, 0.5) is 0 Å². The van der Waals surface area contributed by atoms with Crippen LogP contribution < -0.4 is 5.73 Å². The minimum atomic E-state index is -0.0689. The Morgan fingerprint density at radius 3 is 2.70 bits per heavy atom. The number of amides is 1. The van der Waals surface area contributed by atoms with Gasteiger partial charge in [-0.2, -0.15) is 0 Å². The van der Waals surface area contributed by atoms with E-state index < -0.39 is 0 Å². The number of hydrogen-bond donors (Lipinski definition) is 1. The van der Waals surface area contributed by atoms with Gasteiger partial charge in [0.2, 0.25) is 5.89 Å². The average molecular weight is 336 g/mol. The third kappa shape index (κ3) is 3.41. The minimum Gasteiger partial charge on any atom is -0.441 e. The highest BCUT2D eigenvalue weighted by atomic mass is 35.5. The molecule has 2 heterocycles. The van der Waals surface area contributed by atoms with Crippen molar-refractivity contribution in [1.29, 1.82) is 0 Å². The molecular formula is C17H22ClN3O2. The zero-order valence-corrected chi connectivity index (χ0v) is 14.2. The van der Waals surface area contributed by atoms with Crippen molar-refractivity contribution in [2.75, 3.05) is 19.6 Å². The first-order chi connectivity index (χ1) is 10.5. The van der Waals surface area contributed by atoms with Gasteiger partial charge in [-0.05, 0) is 37.4 Å². The molecule has 1 saturated heterocycles. The van der Waals surface area contributed by atoms with Gasteiger partial charge >= 0.3 is 0 Å². The van der Waals surface area contributed by atoms with E-state index in [0.717, 1.165) is 18.5 Å². The highest BCUT2D eigenvalue weighted by Crippen LogP contribution is 2.30. The van der Waals surface area contributed by atoms with Crippen molar-refractivity contribution in [3.05, 3.63) is 41.8 Å². The summed E-state index contributed by atoms with van der Waals surface area (Å²) in [5.74, 6) is 0.980. The van der Waals surface area contributed by atoms with Gasteiger partial charge in [-0.25, -0.2) is 4.98 Å². The normalized spacial score (nSPS) is 20.4. The van der Waals surface area contributed by atoms with E-state index in [0.29, 0.717) is 30.4 Å². The molecule has 124 valence electrons. The third-order valence-electron chi connectivity index (χ3n) is 4.36. The van der Waals surface area contributed by atoms with Crippen LogP contribution in [0.2, 0.25) is 0 Å². The molecule has 0 saturated carbocycles. The standard InChI is InChI=1S/C17H21N3O2.ClH/c1-12-14(16(21)20-9-8-17(2,10-18)11-20)19-15(22-12)13-6-4-3-5-7-13;/h3-7H,8-11,18H2,1-2H3;1H. The molecule has 0 aliphatic carbocycles. The molecule has 1 unspecified atom stereocenters. The van der Waals surface area contributed by atoms with Crippen LogP contribution in [0.5, 0.6) is 0 Å². The summed E-state index contributed by atoms with van der Waals surface area (Å²) in [4.78, 5) is 18.9. The maximum Gasteiger partial charge on any atom is 0.276 e. The third-order valence-corrected chi connectivity index (χ3v) is 4.36. The minimum absolute atomic E-state index is 0. The van der Waals surface area contributed by atoms with Gasteiger partial charge in [-0.3, -0.25) is 4.79 Å². The molecule has 23 heavy (non-hydrogen) atoms. The summed E-state index contributed by atoms with van der Waals surface area (Å²) in [5.41, 5.74) is 7.09. The highest BCUT2D eigenvalue weighted by Gasteiger charge is 2.36. The molecule has 3 rings (SSSR count). The Labute approximate surface area is 142 Å². The van der Waals surface area contributed by atoms with Crippen LogP contribution >= 0.6 is 12.4 Å². The lowest BCUT2D eigenvalue weighted by Gasteiger charge is -2.22. The molecule has 1 aliphatic heterocycles. The van der Waals surface area contributed by atoms with Crippen molar-refractivity contribution in [3.63, 3.8) is 0 Å². The number of nitrogens with two attached hydrogens (primary N) is 1. The van der Waals surface area contributed by atoms with Crippen LogP contribution in [0, 0.1) is 12.3 Å². The fraction of sp³-hybridized carbons (Fsp3) is 0.412. The number of likely N-dealkylation sites (tertiary alicyclic amines) is 1. The maximum absolute atomic E-state index is 12.7. The first-order valence-electron chi connectivity index (χ1n) is 7.55. The highest BCUT2D eigenvalue weighted by molar-refractivity contribution is 5.94. The van der Waals surface area contributed by atoms with E-state index in [1.807, 2.05) is 35.2 Å². The van der Waals surface area contributed by atoms with E-state index in [-0.39, 0.29) is 23.7 Å². The zero-order valence-electron chi connectivity index (χ0n) is 13.4. The summed E-state index contributed by atoms with van der Waals surface area (Å²) in [7, 11) is 0. The Kier molecular flexibility index (Phi) is 5.12. The van der Waals surface area contributed by atoms with Crippen molar-refractivity contribution >= 4 is 18.3 Å². The van der Waals surface area contributed by atoms with Crippen LogP contribution in [0.1, 0.15) is 29.6 Å². The summed E-state index contributed by atoms with van der Waals surface area (Å²) >= 11 is 0. The number of carbonyl (C=O) groups is 1. The van der Waals surface area contributed by atoms with E-state index >= 15 is 0 Å². The van der Waals surface area contributed by atoms with Crippen molar-refractivity contribution < 1.29 is 9.21 Å². The largest absolute Gasteiger partial charge is 0.441 e. The van der Waals surface area contributed by atoms with E-state index in [2.05, 4.69) is 11.9 Å². The van der Waals surface area contributed by atoms with Gasteiger partial charge < -0.3 is 15.1 Å². The number of aryl methyl sites for hydroxylation is 1. The number of aromatic nitrogens is 1. The average Bonchev–Trinajstić information content (AvgIpc) is 3.12. The molecule has 1 amide bonds. The smallest absolute Gasteiger partial charge is 0.276 e. The molecule has 1 aromatic heterocycles. The summed E-state index contributed by atoms with van der Waals surface area (Å²) in [6, 6.07) is 9.61. The molecule has 5 nitrogen and oxygen atoms in total. The number of halogens is 1. The van der Waals surface area contributed by atoms with Gasteiger partial charge in [0.05, 0.1) is 0 Å². The molecule has 6 heteroatoms. The summed E-state index contributed by atoms with van der Waals surface area (Å²) < 4.78 is 5.68. The quantitative estimate of drug-likeness (QED) is 0.936. The van der Waals surface area contributed by atoms with Gasteiger partial charge in [-0.15, -0.1) is 12.4 Å². The van der Waals surface area contributed by atoms with Crippen LogP contribution in [0.25, 0.3) is 11.5 Å². The number of carbonyl (C=O) groups excluding carboxylic acids is 1. The van der Waals surface area contributed by atoms with E-state index in [1.54, 1.807) is 6.92 Å². The van der Waals surface area contributed by atoms with E-state index in [4.69, 9.17) is 10.2 Å². The number of nitrogens with zero attached hydrogens (tertiary/aromatic N) is 2. The van der Waals surface area contributed by atoms with E-state index in [1.165, 1.54) is 0 Å². The lowest BCUT2D eigenvalue weighted by molar-refractivity contribution is 0.0770. The Morgan fingerprint density at radius 2 is 2.09 bits per heavy atom. The van der Waals surface area contributed by atoms with Gasteiger partial charge in [0.25, 0.3) is 5.91 Å². The van der Waals surface area contributed by atoms with Crippen LogP contribution in [0.15, 0.2) is 34.7 Å². The van der Waals surface area contributed by atoms with Gasteiger partial charge in [0.1, 0.15) is 5.76 Å². The second kappa shape index (κ2) is 6.72. The molecule has 0 bridgehead atoms. The molecule has 0 spiro atoms. The Hall–Kier alpha value is -1.85. The summed E-state index contributed by atoms with van der Waals surface area (Å²) in [6.45, 7) is 5.88. The van der Waals surface area contributed by atoms with Gasteiger partial charge in [0, 0.05) is 18.7 Å². The summed E-state index contributed by atoms with van der Waals surface area (Å²) in [5, 5.41) is 0. The first kappa shape index (κ1) is 17.5. The summed E-state index contributed by atoms with van der Waals surface area (Å²) in [6.07, 6.45) is 0.928. The van der Waals surface area contributed by atoms with Crippen molar-refractivity contribution in [1.82, 2.24) is 9.88 Å². The van der Waals surface area contributed by atoms with Crippen molar-refractivity contribution in [3.8, 4) is 11.5 Å². The topological polar surface area (TPSA) is 72.4 Å². The molecule has 1 fully saturated rings. The second-order valence-corrected chi connectivity index (χ2v) is 6.28. The molecule has 1 aliphatic rings. The van der Waals surface area contributed by atoms with Crippen LogP contribution in [-0.2, 0) is 0 Å². The Bertz CT molecular complexity index is 686. The predicted molar refractivity (Wildman–Crippen MR) is 91.6 cm³/mol. The zero-order chi connectivity index (χ0) is 15.7. The number of oxazole rings is 1. The predicted octanol–water partition coefficient (Wildman–Crippen LogP) is 2.88. The molecule has 1 atom stereocenters. The molecule has 0 radical (unpaired) electrons. The number of benzene rings is 1. The van der Waals surface area contributed by atoms with Gasteiger partial charge in [0.15, 0.2) is 5.69 Å². The van der Waals surface area contributed by atoms with Crippen LogP contribution in [0.3, 0.4) is 0 Å². The molecular weight excluding hydrogens is 314 g/mol. The SMILES string of the molecule is Cc1oc(-c2ccccc2)nc1C(=O)N1CCC(C)(CN)C1.Cl. The maximum atomic E-state index is 12.7. The first-order valence-corrected chi connectivity index (χ1v) is 7.55. The lowest BCUT2D eigenvalue weighted by Crippen LogP contribution is -2.34. The molecule has 2 aromatic rings. The van der Waals surface area contributed by atoms with Crippen molar-refractivity contribution in [2.24, 2.45) is 11.1 Å². The number of hydrogen-bond acceptors (Lipinski definition) is 4. The molecule has 1 aromatic carbocycles. The molecule has 2 N–H and O–H groups in total. The van der Waals surface area contributed by atoms with E-state index in [9.17, 15) is 4.79 Å². The fourth-order valence-electron chi connectivity index (χ4n) is 2.81. The van der Waals surface area contributed by atoms with Crippen LogP contribution in [-0.4, -0.2) is 35.4 Å². The Balaban J connectivity index is 0.00000192. The Morgan fingerprint density at radius 1 is 1.39 bits per heavy atom. The van der Waals surface area contributed by atoms with Gasteiger partial charge in [-0.1, -0.05) is 25.1 Å². The lowest BCUT2D eigenvalue weighted by atomic mass is 9.90. The fourth-order valence-corrected chi connectivity index (χ4v) is 2.81. The monoisotopic (exact) mass is 335 g/mol. The number of rotatable bonds is 3.